The highest BCUT2D eigenvalue weighted by Crippen LogP contribution is 2.27. The number of benzene rings is 1. The number of rotatable bonds is 1. The summed E-state index contributed by atoms with van der Waals surface area (Å²) in [5, 5.41) is 10.5. The van der Waals surface area contributed by atoms with Crippen LogP contribution in [0.25, 0.3) is 0 Å². The predicted molar refractivity (Wildman–Crippen MR) is 58.3 cm³/mol. The highest BCUT2D eigenvalue weighted by Gasteiger charge is 2.12. The molecule has 64 valence electrons. The third kappa shape index (κ3) is 1.95. The largest absolute Gasteiger partial charge is 0.283 e. The summed E-state index contributed by atoms with van der Waals surface area (Å²) in [5.41, 5.74) is 1.15. The fourth-order valence-electron chi connectivity index (χ4n) is 0.776. The second-order valence-corrected chi connectivity index (χ2v) is 4.33. The van der Waals surface area contributed by atoms with Gasteiger partial charge in [0.1, 0.15) is 0 Å². The second kappa shape index (κ2) is 3.69. The smallest absolute Gasteiger partial charge is 0.258 e. The number of hydrogen-bond donors (Lipinski definition) is 0. The summed E-state index contributed by atoms with van der Waals surface area (Å²) in [6.45, 7) is 1.90. The van der Waals surface area contributed by atoms with Crippen molar-refractivity contribution in [2.45, 2.75) is 6.92 Å². The van der Waals surface area contributed by atoms with Crippen LogP contribution in [0.4, 0.5) is 5.69 Å². The van der Waals surface area contributed by atoms with E-state index in [1.165, 1.54) is 6.07 Å². The highest BCUT2D eigenvalue weighted by molar-refractivity contribution is 14.1. The van der Waals surface area contributed by atoms with Crippen molar-refractivity contribution >= 4 is 44.2 Å². The molecule has 0 atom stereocenters. The molecule has 0 saturated carbocycles. The van der Waals surface area contributed by atoms with Crippen LogP contribution in [0.1, 0.15) is 5.56 Å². The van der Waals surface area contributed by atoms with Crippen molar-refractivity contribution in [1.29, 1.82) is 0 Å². The van der Waals surface area contributed by atoms with E-state index in [9.17, 15) is 10.1 Å². The lowest BCUT2D eigenvalue weighted by Gasteiger charge is -1.99. The Morgan fingerprint density at radius 2 is 2.17 bits per heavy atom. The zero-order valence-corrected chi connectivity index (χ0v) is 9.92. The molecule has 5 heteroatoms. The fourth-order valence-corrected chi connectivity index (χ4v) is 1.93. The summed E-state index contributed by atoms with van der Waals surface area (Å²) in [6, 6.07) is 3.31. The summed E-state index contributed by atoms with van der Waals surface area (Å²) in [7, 11) is 0. The van der Waals surface area contributed by atoms with E-state index in [1.54, 1.807) is 6.07 Å². The summed E-state index contributed by atoms with van der Waals surface area (Å²) in [5.74, 6) is 0. The molecule has 0 spiro atoms. The van der Waals surface area contributed by atoms with Gasteiger partial charge in [-0.15, -0.1) is 0 Å². The van der Waals surface area contributed by atoms with Gasteiger partial charge in [-0.1, -0.05) is 15.9 Å². The van der Waals surface area contributed by atoms with Crippen LogP contribution in [-0.2, 0) is 0 Å². The number of halogens is 2. The quantitative estimate of drug-likeness (QED) is 0.447. The van der Waals surface area contributed by atoms with E-state index in [1.807, 2.05) is 29.5 Å². The van der Waals surface area contributed by atoms with Gasteiger partial charge < -0.3 is 0 Å². The van der Waals surface area contributed by atoms with Gasteiger partial charge in [0.05, 0.1) is 8.49 Å². The average Bonchev–Trinajstić information content (AvgIpc) is 1.96. The van der Waals surface area contributed by atoms with E-state index in [0.717, 1.165) is 10.0 Å². The summed E-state index contributed by atoms with van der Waals surface area (Å²) in [6.07, 6.45) is 0. The Balaban J connectivity index is 3.33. The second-order valence-electron chi connectivity index (χ2n) is 2.31. The number of nitro groups is 1. The van der Waals surface area contributed by atoms with Gasteiger partial charge in [-0.25, -0.2) is 0 Å². The van der Waals surface area contributed by atoms with Crippen molar-refractivity contribution < 1.29 is 4.92 Å². The minimum absolute atomic E-state index is 0.146. The Kier molecular flexibility index (Phi) is 3.05. The molecule has 0 amide bonds. The maximum Gasteiger partial charge on any atom is 0.283 e. The van der Waals surface area contributed by atoms with E-state index < -0.39 is 0 Å². The number of aryl methyl sites for hydroxylation is 1. The topological polar surface area (TPSA) is 43.1 Å². The maximum absolute atomic E-state index is 10.5. The van der Waals surface area contributed by atoms with E-state index in [2.05, 4.69) is 15.9 Å². The first-order valence-electron chi connectivity index (χ1n) is 3.12. The van der Waals surface area contributed by atoms with Gasteiger partial charge >= 0.3 is 0 Å². The van der Waals surface area contributed by atoms with Gasteiger partial charge in [-0.2, -0.15) is 0 Å². The van der Waals surface area contributed by atoms with Gasteiger partial charge in [0, 0.05) is 10.5 Å². The highest BCUT2D eigenvalue weighted by atomic mass is 127. The van der Waals surface area contributed by atoms with Crippen LogP contribution in [0, 0.1) is 20.6 Å². The summed E-state index contributed by atoms with van der Waals surface area (Å²) >= 11 is 5.20. The maximum atomic E-state index is 10.5. The van der Waals surface area contributed by atoms with Crippen molar-refractivity contribution in [2.75, 3.05) is 0 Å². The van der Waals surface area contributed by atoms with E-state index in [0.29, 0.717) is 3.57 Å². The Hall–Kier alpha value is -0.170. The van der Waals surface area contributed by atoms with Crippen molar-refractivity contribution in [3.05, 3.63) is 35.9 Å². The SMILES string of the molecule is Cc1cc(I)c([N+](=O)[O-])cc1Br. The number of nitro benzene ring substituents is 1. The first kappa shape index (κ1) is 9.91. The molecule has 0 aliphatic rings. The molecule has 0 aliphatic heterocycles. The molecule has 3 nitrogen and oxygen atoms in total. The number of nitrogens with zero attached hydrogens (tertiary/aromatic N) is 1. The van der Waals surface area contributed by atoms with Crippen LogP contribution in [-0.4, -0.2) is 4.92 Å². The zero-order chi connectivity index (χ0) is 9.30. The Labute approximate surface area is 91.6 Å². The monoisotopic (exact) mass is 341 g/mol. The summed E-state index contributed by atoms with van der Waals surface area (Å²) < 4.78 is 1.44. The van der Waals surface area contributed by atoms with Gasteiger partial charge in [0.25, 0.3) is 5.69 Å². The van der Waals surface area contributed by atoms with E-state index in [-0.39, 0.29) is 10.6 Å². The molecular formula is C7H5BrINO2. The molecule has 0 bridgehead atoms. The molecule has 0 fully saturated rings. The van der Waals surface area contributed by atoms with Crippen LogP contribution >= 0.6 is 38.5 Å². The van der Waals surface area contributed by atoms with Gasteiger partial charge in [-0.3, -0.25) is 10.1 Å². The van der Waals surface area contributed by atoms with Crippen LogP contribution in [0.3, 0.4) is 0 Å². The molecule has 0 heterocycles. The fraction of sp³-hybridized carbons (Fsp3) is 0.143. The molecule has 0 aliphatic carbocycles. The lowest BCUT2D eigenvalue weighted by molar-refractivity contribution is -0.385. The van der Waals surface area contributed by atoms with E-state index >= 15 is 0 Å². The van der Waals surface area contributed by atoms with Crippen molar-refractivity contribution in [3.8, 4) is 0 Å². The van der Waals surface area contributed by atoms with Gasteiger partial charge in [0.15, 0.2) is 0 Å². The Morgan fingerprint density at radius 1 is 1.58 bits per heavy atom. The first-order chi connectivity index (χ1) is 5.52. The van der Waals surface area contributed by atoms with Gasteiger partial charge in [-0.05, 0) is 41.1 Å². The molecule has 1 aromatic rings. The molecule has 12 heavy (non-hydrogen) atoms. The molecule has 1 aromatic carbocycles. The minimum atomic E-state index is -0.383. The summed E-state index contributed by atoms with van der Waals surface area (Å²) in [4.78, 5) is 10.1. The molecule has 0 radical (unpaired) electrons. The predicted octanol–water partition coefficient (Wildman–Crippen LogP) is 3.27. The molecular weight excluding hydrogens is 337 g/mol. The molecule has 1 rings (SSSR count). The van der Waals surface area contributed by atoms with Crippen molar-refractivity contribution in [2.24, 2.45) is 0 Å². The zero-order valence-electron chi connectivity index (χ0n) is 6.17. The normalized spacial score (nSPS) is 9.92. The van der Waals surface area contributed by atoms with Crippen molar-refractivity contribution in [1.82, 2.24) is 0 Å². The minimum Gasteiger partial charge on any atom is -0.258 e. The third-order valence-electron chi connectivity index (χ3n) is 1.42. The lowest BCUT2D eigenvalue weighted by Crippen LogP contribution is -1.92. The Morgan fingerprint density at radius 3 is 2.67 bits per heavy atom. The van der Waals surface area contributed by atoms with Crippen LogP contribution in [0.15, 0.2) is 16.6 Å². The molecule has 0 aromatic heterocycles. The van der Waals surface area contributed by atoms with Gasteiger partial charge in [0.2, 0.25) is 0 Å². The average molecular weight is 342 g/mol. The van der Waals surface area contributed by atoms with Crippen LogP contribution in [0.2, 0.25) is 0 Å². The molecule has 0 N–H and O–H groups in total. The van der Waals surface area contributed by atoms with Crippen LogP contribution < -0.4 is 0 Å². The Bertz CT molecular complexity index is 340. The first-order valence-corrected chi connectivity index (χ1v) is 4.99. The van der Waals surface area contributed by atoms with Crippen LogP contribution in [0.5, 0.6) is 0 Å². The number of hydrogen-bond acceptors (Lipinski definition) is 2. The lowest BCUT2D eigenvalue weighted by atomic mass is 10.2. The van der Waals surface area contributed by atoms with E-state index in [4.69, 9.17) is 0 Å². The van der Waals surface area contributed by atoms with Crippen molar-refractivity contribution in [3.63, 3.8) is 0 Å². The molecule has 0 saturated heterocycles. The molecule has 0 unspecified atom stereocenters. The third-order valence-corrected chi connectivity index (χ3v) is 3.14. The standard InChI is InChI=1S/C7H5BrINO2/c1-4-2-6(9)7(10(11)12)3-5(4)8/h2-3H,1H3.